The summed E-state index contributed by atoms with van der Waals surface area (Å²) < 4.78 is 10.9. The van der Waals surface area contributed by atoms with Crippen LogP contribution in [0.4, 0.5) is 0 Å². The smallest absolute Gasteiger partial charge is 0.251 e. The van der Waals surface area contributed by atoms with Crippen LogP contribution in [0.3, 0.4) is 0 Å². The Kier molecular flexibility index (Phi) is 3.53. The Morgan fingerprint density at radius 3 is 2.90 bits per heavy atom. The van der Waals surface area contributed by atoms with Gasteiger partial charge in [-0.15, -0.1) is 0 Å². The first-order valence-corrected chi connectivity index (χ1v) is 7.09. The molecule has 20 heavy (non-hydrogen) atoms. The SMILES string of the molecule is CC1(CNC(=O)c2ccc3c(c2)OCCO3)CCCN1. The number of carbonyl (C=O) groups excluding carboxylic acids is 1. The predicted molar refractivity (Wildman–Crippen MR) is 75.4 cm³/mol. The third-order valence-electron chi connectivity index (χ3n) is 3.90. The van der Waals surface area contributed by atoms with Crippen molar-refractivity contribution in [2.24, 2.45) is 0 Å². The van der Waals surface area contributed by atoms with Crippen LogP contribution in [0.15, 0.2) is 18.2 Å². The molecule has 1 aromatic rings. The van der Waals surface area contributed by atoms with E-state index in [9.17, 15) is 4.79 Å². The van der Waals surface area contributed by atoms with Crippen LogP contribution in [-0.4, -0.2) is 37.7 Å². The summed E-state index contributed by atoms with van der Waals surface area (Å²) in [6.45, 7) is 4.89. The molecule has 2 aliphatic heterocycles. The number of carbonyl (C=O) groups is 1. The van der Waals surface area contributed by atoms with Crippen LogP contribution < -0.4 is 20.1 Å². The van der Waals surface area contributed by atoms with Crippen molar-refractivity contribution in [3.05, 3.63) is 23.8 Å². The molecule has 0 radical (unpaired) electrons. The normalized spacial score (nSPS) is 24.4. The fourth-order valence-corrected chi connectivity index (χ4v) is 2.67. The van der Waals surface area contributed by atoms with Gasteiger partial charge < -0.3 is 20.1 Å². The molecule has 3 rings (SSSR count). The van der Waals surface area contributed by atoms with Crippen molar-refractivity contribution in [2.45, 2.75) is 25.3 Å². The molecule has 0 bridgehead atoms. The molecular weight excluding hydrogens is 256 g/mol. The Bertz CT molecular complexity index is 510. The molecule has 2 aliphatic rings. The molecule has 1 saturated heterocycles. The molecule has 108 valence electrons. The molecule has 5 nitrogen and oxygen atoms in total. The zero-order valence-electron chi connectivity index (χ0n) is 11.7. The lowest BCUT2D eigenvalue weighted by molar-refractivity contribution is 0.0941. The average molecular weight is 276 g/mol. The van der Waals surface area contributed by atoms with Gasteiger partial charge in [0.2, 0.25) is 0 Å². The van der Waals surface area contributed by atoms with Gasteiger partial charge in [0.15, 0.2) is 11.5 Å². The van der Waals surface area contributed by atoms with E-state index in [4.69, 9.17) is 9.47 Å². The summed E-state index contributed by atoms with van der Waals surface area (Å²) in [4.78, 5) is 12.2. The molecule has 0 aliphatic carbocycles. The van der Waals surface area contributed by atoms with E-state index >= 15 is 0 Å². The van der Waals surface area contributed by atoms with Crippen molar-refractivity contribution in [3.8, 4) is 11.5 Å². The number of fused-ring (bicyclic) bond motifs is 1. The van der Waals surface area contributed by atoms with Crippen LogP contribution in [0.1, 0.15) is 30.1 Å². The molecule has 5 heteroatoms. The van der Waals surface area contributed by atoms with Crippen molar-refractivity contribution in [1.29, 1.82) is 0 Å². The second kappa shape index (κ2) is 5.32. The van der Waals surface area contributed by atoms with Gasteiger partial charge in [0.25, 0.3) is 5.91 Å². The number of hydrogen-bond donors (Lipinski definition) is 2. The third kappa shape index (κ3) is 2.72. The largest absolute Gasteiger partial charge is 0.486 e. The number of hydrogen-bond acceptors (Lipinski definition) is 4. The molecule has 2 N–H and O–H groups in total. The molecule has 1 aromatic carbocycles. The maximum Gasteiger partial charge on any atom is 0.251 e. The lowest BCUT2D eigenvalue weighted by Gasteiger charge is -2.24. The molecule has 0 saturated carbocycles. The maximum atomic E-state index is 12.2. The molecule has 1 fully saturated rings. The van der Waals surface area contributed by atoms with Gasteiger partial charge in [0, 0.05) is 17.6 Å². The quantitative estimate of drug-likeness (QED) is 0.874. The van der Waals surface area contributed by atoms with E-state index in [-0.39, 0.29) is 11.4 Å². The van der Waals surface area contributed by atoms with E-state index in [2.05, 4.69) is 17.6 Å². The second-order valence-electron chi connectivity index (χ2n) is 5.63. The molecule has 1 atom stereocenters. The number of benzene rings is 1. The topological polar surface area (TPSA) is 59.6 Å². The van der Waals surface area contributed by atoms with Gasteiger partial charge in [0.1, 0.15) is 13.2 Å². The summed E-state index contributed by atoms with van der Waals surface area (Å²) in [5.74, 6) is 1.28. The fourth-order valence-electron chi connectivity index (χ4n) is 2.67. The van der Waals surface area contributed by atoms with E-state index < -0.39 is 0 Å². The van der Waals surface area contributed by atoms with Gasteiger partial charge in [0.05, 0.1) is 0 Å². The van der Waals surface area contributed by atoms with Crippen LogP contribution in [0.25, 0.3) is 0 Å². The highest BCUT2D eigenvalue weighted by molar-refractivity contribution is 5.95. The third-order valence-corrected chi connectivity index (χ3v) is 3.90. The molecule has 1 amide bonds. The highest BCUT2D eigenvalue weighted by atomic mass is 16.6. The molecule has 1 unspecified atom stereocenters. The maximum absolute atomic E-state index is 12.2. The summed E-state index contributed by atoms with van der Waals surface area (Å²) in [5.41, 5.74) is 0.625. The van der Waals surface area contributed by atoms with Crippen molar-refractivity contribution >= 4 is 5.91 Å². The second-order valence-corrected chi connectivity index (χ2v) is 5.63. The summed E-state index contributed by atoms with van der Waals surface area (Å²) in [5, 5.41) is 6.42. The van der Waals surface area contributed by atoms with Gasteiger partial charge >= 0.3 is 0 Å². The lowest BCUT2D eigenvalue weighted by atomic mass is 10.0. The van der Waals surface area contributed by atoms with Crippen molar-refractivity contribution < 1.29 is 14.3 Å². The van der Waals surface area contributed by atoms with Gasteiger partial charge in [-0.25, -0.2) is 0 Å². The molecule has 0 spiro atoms. The zero-order chi connectivity index (χ0) is 14.0. The summed E-state index contributed by atoms with van der Waals surface area (Å²) in [6, 6.07) is 5.31. The molecular formula is C15H20N2O3. The van der Waals surface area contributed by atoms with Crippen LogP contribution in [0.2, 0.25) is 0 Å². The number of amides is 1. The Morgan fingerprint density at radius 2 is 2.15 bits per heavy atom. The van der Waals surface area contributed by atoms with Crippen molar-refractivity contribution in [1.82, 2.24) is 10.6 Å². The lowest BCUT2D eigenvalue weighted by Crippen LogP contribution is -2.47. The van der Waals surface area contributed by atoms with Gasteiger partial charge in [-0.3, -0.25) is 4.79 Å². The minimum atomic E-state index is -0.0723. The fraction of sp³-hybridized carbons (Fsp3) is 0.533. The zero-order valence-corrected chi connectivity index (χ0v) is 11.7. The van der Waals surface area contributed by atoms with Crippen LogP contribution in [0, 0.1) is 0 Å². The Labute approximate surface area is 118 Å². The van der Waals surface area contributed by atoms with E-state index in [1.165, 1.54) is 0 Å². The summed E-state index contributed by atoms with van der Waals surface area (Å²) in [6.07, 6.45) is 2.25. The standard InChI is InChI=1S/C15H20N2O3/c1-15(5-2-6-17-15)10-16-14(18)11-3-4-12-13(9-11)20-8-7-19-12/h3-4,9,17H,2,5-8,10H2,1H3,(H,16,18). The predicted octanol–water partition coefficient (Wildman–Crippen LogP) is 1.33. The first-order valence-electron chi connectivity index (χ1n) is 7.09. The molecule has 2 heterocycles. The summed E-state index contributed by atoms with van der Waals surface area (Å²) >= 11 is 0. The highest BCUT2D eigenvalue weighted by Crippen LogP contribution is 2.30. The summed E-state index contributed by atoms with van der Waals surface area (Å²) in [7, 11) is 0. The number of rotatable bonds is 3. The van der Waals surface area contributed by atoms with Crippen molar-refractivity contribution in [3.63, 3.8) is 0 Å². The minimum absolute atomic E-state index is 0.0173. The highest BCUT2D eigenvalue weighted by Gasteiger charge is 2.28. The monoisotopic (exact) mass is 276 g/mol. The molecule has 0 aromatic heterocycles. The number of ether oxygens (including phenoxy) is 2. The van der Waals surface area contributed by atoms with Crippen LogP contribution in [-0.2, 0) is 0 Å². The van der Waals surface area contributed by atoms with Gasteiger partial charge in [-0.1, -0.05) is 0 Å². The number of nitrogens with one attached hydrogen (secondary N) is 2. The Morgan fingerprint density at radius 1 is 1.35 bits per heavy atom. The van der Waals surface area contributed by atoms with E-state index in [0.29, 0.717) is 36.8 Å². The van der Waals surface area contributed by atoms with Crippen molar-refractivity contribution in [2.75, 3.05) is 26.3 Å². The van der Waals surface area contributed by atoms with E-state index in [0.717, 1.165) is 19.4 Å². The van der Waals surface area contributed by atoms with E-state index in [1.807, 2.05) is 0 Å². The van der Waals surface area contributed by atoms with Gasteiger partial charge in [-0.2, -0.15) is 0 Å². The first kappa shape index (κ1) is 13.2. The van der Waals surface area contributed by atoms with Gasteiger partial charge in [-0.05, 0) is 44.5 Å². The Hall–Kier alpha value is -1.75. The Balaban J connectivity index is 1.65. The average Bonchev–Trinajstić information content (AvgIpc) is 2.91. The first-order chi connectivity index (χ1) is 9.66. The van der Waals surface area contributed by atoms with Crippen LogP contribution >= 0.6 is 0 Å². The minimum Gasteiger partial charge on any atom is -0.486 e. The van der Waals surface area contributed by atoms with Crippen LogP contribution in [0.5, 0.6) is 11.5 Å². The van der Waals surface area contributed by atoms with E-state index in [1.54, 1.807) is 18.2 Å².